The van der Waals surface area contributed by atoms with Crippen LogP contribution in [0.4, 0.5) is 0 Å². The molecule has 0 aliphatic heterocycles. The second kappa shape index (κ2) is 8.76. The Morgan fingerprint density at radius 1 is 1.23 bits per heavy atom. The van der Waals surface area contributed by atoms with Gasteiger partial charge >= 0.3 is 5.97 Å². The third kappa shape index (κ3) is 4.02. The van der Waals surface area contributed by atoms with Crippen LogP contribution < -0.4 is 5.32 Å². The number of ketones is 1. The second-order valence-corrected chi connectivity index (χ2v) is 6.22. The molecule has 2 heterocycles. The number of rotatable bonds is 8. The van der Waals surface area contributed by atoms with Gasteiger partial charge in [0.25, 0.3) is 0 Å². The highest BCUT2D eigenvalue weighted by Crippen LogP contribution is 2.24. The third-order valence-corrected chi connectivity index (χ3v) is 4.55. The Hall–Kier alpha value is -2.47. The lowest BCUT2D eigenvalue weighted by atomic mass is 10.0. The van der Waals surface area contributed by atoms with Gasteiger partial charge in [-0.1, -0.05) is 0 Å². The van der Waals surface area contributed by atoms with Crippen molar-refractivity contribution in [2.45, 2.75) is 53.8 Å². The van der Waals surface area contributed by atoms with Gasteiger partial charge in [0.05, 0.1) is 12.6 Å². The molecule has 2 aromatic heterocycles. The molecular formula is C20H27N3O3. The summed E-state index contributed by atoms with van der Waals surface area (Å²) >= 11 is 0. The zero-order chi connectivity index (χ0) is 19.3. The molecule has 6 heteroatoms. The van der Waals surface area contributed by atoms with Gasteiger partial charge in [-0.05, 0) is 57.9 Å². The Bertz CT molecular complexity index is 781. The number of hydrogen-bond donors (Lipinski definition) is 1. The number of esters is 1. The van der Waals surface area contributed by atoms with E-state index in [0.717, 1.165) is 11.3 Å². The molecule has 0 aliphatic carbocycles. The van der Waals surface area contributed by atoms with E-state index in [4.69, 9.17) is 4.74 Å². The van der Waals surface area contributed by atoms with Crippen LogP contribution in [-0.4, -0.2) is 34.0 Å². The molecule has 0 radical (unpaired) electrons. The quantitative estimate of drug-likeness (QED) is 0.581. The fourth-order valence-corrected chi connectivity index (χ4v) is 3.20. The number of hydrogen-bond acceptors (Lipinski definition) is 5. The van der Waals surface area contributed by atoms with Gasteiger partial charge in [-0.15, -0.1) is 0 Å². The predicted molar refractivity (Wildman–Crippen MR) is 100 cm³/mol. The van der Waals surface area contributed by atoms with E-state index in [1.54, 1.807) is 19.3 Å². The molecule has 0 fully saturated rings. The second-order valence-electron chi connectivity index (χ2n) is 6.22. The van der Waals surface area contributed by atoms with Crippen LogP contribution in [0.2, 0.25) is 0 Å². The van der Waals surface area contributed by atoms with Gasteiger partial charge in [0.15, 0.2) is 5.78 Å². The number of nitrogens with zero attached hydrogens (tertiary/aromatic N) is 2. The third-order valence-electron chi connectivity index (χ3n) is 4.55. The first kappa shape index (κ1) is 19.8. The summed E-state index contributed by atoms with van der Waals surface area (Å²) in [5, 5.41) is 3.25. The SMILES string of the molecule is CCOC(=O)c1c(C)c(C(=O)C(C)NCc2ccncc2)c(C)n1CC. The first-order valence-electron chi connectivity index (χ1n) is 8.95. The van der Waals surface area contributed by atoms with E-state index in [1.807, 2.05) is 44.4 Å². The average Bonchev–Trinajstić information content (AvgIpc) is 2.89. The topological polar surface area (TPSA) is 73.2 Å². The number of carbonyl (C=O) groups excluding carboxylic acids is 2. The first-order chi connectivity index (χ1) is 12.4. The number of carbonyl (C=O) groups is 2. The minimum absolute atomic E-state index is 0.0215. The fourth-order valence-electron chi connectivity index (χ4n) is 3.20. The number of nitrogens with one attached hydrogen (secondary N) is 1. The van der Waals surface area contributed by atoms with Gasteiger partial charge in [-0.2, -0.15) is 0 Å². The Labute approximate surface area is 154 Å². The van der Waals surface area contributed by atoms with Crippen molar-refractivity contribution in [3.63, 3.8) is 0 Å². The highest BCUT2D eigenvalue weighted by Gasteiger charge is 2.28. The maximum Gasteiger partial charge on any atom is 0.355 e. The summed E-state index contributed by atoms with van der Waals surface area (Å²) in [4.78, 5) is 29.4. The Kier molecular flexibility index (Phi) is 6.69. The molecule has 0 aromatic carbocycles. The highest BCUT2D eigenvalue weighted by atomic mass is 16.5. The zero-order valence-corrected chi connectivity index (χ0v) is 16.1. The van der Waals surface area contributed by atoms with Crippen LogP contribution in [0.1, 0.15) is 58.4 Å². The van der Waals surface area contributed by atoms with Crippen molar-refractivity contribution in [2.75, 3.05) is 6.61 Å². The summed E-state index contributed by atoms with van der Waals surface area (Å²) in [6.07, 6.45) is 3.45. The molecular weight excluding hydrogens is 330 g/mol. The van der Waals surface area contributed by atoms with E-state index in [0.29, 0.717) is 36.5 Å². The summed E-state index contributed by atoms with van der Waals surface area (Å²) in [7, 11) is 0. The van der Waals surface area contributed by atoms with E-state index in [9.17, 15) is 9.59 Å². The van der Waals surface area contributed by atoms with Crippen LogP contribution in [0.3, 0.4) is 0 Å². The minimum atomic E-state index is -0.383. The van der Waals surface area contributed by atoms with Crippen molar-refractivity contribution in [2.24, 2.45) is 0 Å². The minimum Gasteiger partial charge on any atom is -0.461 e. The van der Waals surface area contributed by atoms with Gasteiger partial charge in [-0.3, -0.25) is 9.78 Å². The van der Waals surface area contributed by atoms with E-state index < -0.39 is 0 Å². The number of aromatic nitrogens is 2. The molecule has 1 unspecified atom stereocenters. The zero-order valence-electron chi connectivity index (χ0n) is 16.1. The number of ether oxygens (including phenoxy) is 1. The van der Waals surface area contributed by atoms with Crippen molar-refractivity contribution < 1.29 is 14.3 Å². The van der Waals surface area contributed by atoms with Crippen LogP contribution in [-0.2, 0) is 17.8 Å². The normalized spacial score (nSPS) is 12.0. The van der Waals surface area contributed by atoms with Crippen molar-refractivity contribution in [3.8, 4) is 0 Å². The summed E-state index contributed by atoms with van der Waals surface area (Å²) in [6.45, 7) is 10.7. The summed E-state index contributed by atoms with van der Waals surface area (Å²) in [6, 6.07) is 3.45. The summed E-state index contributed by atoms with van der Waals surface area (Å²) < 4.78 is 7.03. The van der Waals surface area contributed by atoms with E-state index in [2.05, 4.69) is 10.3 Å². The summed E-state index contributed by atoms with van der Waals surface area (Å²) in [5.41, 5.74) is 3.62. The summed E-state index contributed by atoms with van der Waals surface area (Å²) in [5.74, 6) is -0.404. The highest BCUT2D eigenvalue weighted by molar-refractivity contribution is 6.05. The van der Waals surface area contributed by atoms with Crippen LogP contribution in [0.25, 0.3) is 0 Å². The van der Waals surface area contributed by atoms with Crippen LogP contribution in [0.15, 0.2) is 24.5 Å². The molecule has 1 atom stereocenters. The van der Waals surface area contributed by atoms with Crippen molar-refractivity contribution in [3.05, 3.63) is 52.6 Å². The van der Waals surface area contributed by atoms with Crippen molar-refractivity contribution in [1.29, 1.82) is 0 Å². The van der Waals surface area contributed by atoms with Crippen LogP contribution in [0, 0.1) is 13.8 Å². The standard InChI is InChI=1S/C20H27N3O3/c1-6-23-15(5)17(13(3)18(23)20(25)26-7-2)19(24)14(4)22-12-16-8-10-21-11-9-16/h8-11,14,22H,6-7,12H2,1-5H3. The van der Waals surface area contributed by atoms with E-state index in [-0.39, 0.29) is 17.8 Å². The Morgan fingerprint density at radius 3 is 2.46 bits per heavy atom. The van der Waals surface area contributed by atoms with Gasteiger partial charge in [0.2, 0.25) is 0 Å². The molecule has 0 amide bonds. The van der Waals surface area contributed by atoms with Crippen LogP contribution >= 0.6 is 0 Å². The lowest BCUT2D eigenvalue weighted by Crippen LogP contribution is -2.34. The van der Waals surface area contributed by atoms with Crippen molar-refractivity contribution in [1.82, 2.24) is 14.9 Å². The molecule has 0 spiro atoms. The van der Waals surface area contributed by atoms with Gasteiger partial charge in [0, 0.05) is 36.7 Å². The molecule has 6 nitrogen and oxygen atoms in total. The molecule has 1 N–H and O–H groups in total. The molecule has 26 heavy (non-hydrogen) atoms. The molecule has 140 valence electrons. The van der Waals surface area contributed by atoms with Gasteiger partial charge < -0.3 is 14.6 Å². The van der Waals surface area contributed by atoms with Crippen LogP contribution in [0.5, 0.6) is 0 Å². The number of pyridine rings is 1. The maximum absolute atomic E-state index is 13.0. The molecule has 0 saturated heterocycles. The van der Waals surface area contributed by atoms with Gasteiger partial charge in [-0.25, -0.2) is 4.79 Å². The molecule has 2 aromatic rings. The lowest BCUT2D eigenvalue weighted by molar-refractivity contribution is 0.0512. The Balaban J connectivity index is 2.26. The Morgan fingerprint density at radius 2 is 1.88 bits per heavy atom. The maximum atomic E-state index is 13.0. The van der Waals surface area contributed by atoms with Crippen molar-refractivity contribution >= 4 is 11.8 Å². The average molecular weight is 357 g/mol. The molecule has 0 saturated carbocycles. The first-order valence-corrected chi connectivity index (χ1v) is 8.95. The number of Topliss-reactive ketones (excluding diaryl/α,β-unsaturated/α-hetero) is 1. The van der Waals surface area contributed by atoms with E-state index in [1.165, 1.54) is 0 Å². The monoisotopic (exact) mass is 357 g/mol. The molecule has 0 aliphatic rings. The van der Waals surface area contributed by atoms with E-state index >= 15 is 0 Å². The fraction of sp³-hybridized carbons (Fsp3) is 0.450. The lowest BCUT2D eigenvalue weighted by Gasteiger charge is -2.14. The largest absolute Gasteiger partial charge is 0.461 e. The predicted octanol–water partition coefficient (Wildman–Crippen LogP) is 3.06. The smallest absolute Gasteiger partial charge is 0.355 e. The molecule has 2 rings (SSSR count). The molecule has 0 bridgehead atoms. The van der Waals surface area contributed by atoms with Gasteiger partial charge in [0.1, 0.15) is 5.69 Å².